The summed E-state index contributed by atoms with van der Waals surface area (Å²) in [4.78, 5) is 22.8. The van der Waals surface area contributed by atoms with Crippen molar-refractivity contribution in [2.75, 3.05) is 0 Å². The van der Waals surface area contributed by atoms with E-state index in [1.807, 2.05) is 36.4 Å². The van der Waals surface area contributed by atoms with Crippen LogP contribution in [-0.2, 0) is 37.5 Å². The standard InChI is InChI=1S/C14H9NO3S.CH3.Y/c16-13-12(19-14(17)15-13)8-10-6-7-11(18-10)9-4-2-1-3-5-9;;/h1-8H,(H,15,16,17);1H3;/q;-1;/b12-8-;;. The monoisotopic (exact) mass is 375 g/mol. The van der Waals surface area contributed by atoms with Gasteiger partial charge < -0.3 is 11.8 Å². The molecule has 2 aromatic rings. The molecule has 0 spiro atoms. The molecule has 1 radical (unpaired) electrons. The van der Waals surface area contributed by atoms with Crippen molar-refractivity contribution in [3.8, 4) is 11.3 Å². The van der Waals surface area contributed by atoms with Crippen LogP contribution in [0.3, 0.4) is 0 Å². The van der Waals surface area contributed by atoms with E-state index in [9.17, 15) is 9.59 Å². The maximum atomic E-state index is 11.4. The van der Waals surface area contributed by atoms with Crippen LogP contribution in [0.1, 0.15) is 5.76 Å². The maximum Gasteiger partial charge on any atom is 0.290 e. The normalized spacial score (nSPS) is 15.3. The van der Waals surface area contributed by atoms with Gasteiger partial charge in [0.05, 0.1) is 4.91 Å². The average Bonchev–Trinajstić information content (AvgIpc) is 2.99. The second-order valence-corrected chi connectivity index (χ2v) is 4.94. The summed E-state index contributed by atoms with van der Waals surface area (Å²) in [5, 5.41) is 1.85. The van der Waals surface area contributed by atoms with Crippen LogP contribution in [0.15, 0.2) is 51.8 Å². The second-order valence-electron chi connectivity index (χ2n) is 3.92. The van der Waals surface area contributed by atoms with Gasteiger partial charge >= 0.3 is 0 Å². The molecular weight excluding hydrogens is 363 g/mol. The molecule has 0 saturated carbocycles. The Morgan fingerprint density at radius 1 is 1.05 bits per heavy atom. The van der Waals surface area contributed by atoms with Crippen LogP contribution in [0.2, 0.25) is 0 Å². The van der Waals surface area contributed by atoms with E-state index in [1.165, 1.54) is 0 Å². The van der Waals surface area contributed by atoms with Gasteiger partial charge in [-0.05, 0) is 23.9 Å². The first kappa shape index (κ1) is 17.9. The Bertz CT molecular complexity index is 679. The first-order valence-corrected chi connectivity index (χ1v) is 6.44. The molecule has 0 atom stereocenters. The second kappa shape index (κ2) is 7.73. The van der Waals surface area contributed by atoms with Gasteiger partial charge in [-0.15, -0.1) is 0 Å². The van der Waals surface area contributed by atoms with Crippen molar-refractivity contribution >= 4 is 29.0 Å². The zero-order valence-electron chi connectivity index (χ0n) is 11.3. The first-order valence-electron chi connectivity index (χ1n) is 5.62. The Morgan fingerprint density at radius 2 is 1.76 bits per heavy atom. The molecule has 2 heterocycles. The van der Waals surface area contributed by atoms with E-state index >= 15 is 0 Å². The van der Waals surface area contributed by atoms with E-state index in [1.54, 1.807) is 12.1 Å². The van der Waals surface area contributed by atoms with Crippen LogP contribution >= 0.6 is 11.8 Å². The molecule has 3 rings (SSSR count). The number of hydrogen-bond acceptors (Lipinski definition) is 4. The summed E-state index contributed by atoms with van der Waals surface area (Å²) in [6, 6.07) is 13.3. The summed E-state index contributed by atoms with van der Waals surface area (Å²) in [7, 11) is 0. The van der Waals surface area contributed by atoms with Gasteiger partial charge in [0.2, 0.25) is 0 Å². The molecule has 1 aromatic heterocycles. The largest absolute Gasteiger partial charge is 0.457 e. The van der Waals surface area contributed by atoms with E-state index in [0.29, 0.717) is 10.7 Å². The summed E-state index contributed by atoms with van der Waals surface area (Å²) in [5.74, 6) is 0.890. The predicted octanol–water partition coefficient (Wildman–Crippen LogP) is 3.72. The Labute approximate surface area is 152 Å². The number of thioether (sulfide) groups is 1. The van der Waals surface area contributed by atoms with E-state index in [4.69, 9.17) is 4.42 Å². The number of imide groups is 1. The summed E-state index contributed by atoms with van der Waals surface area (Å²) < 4.78 is 5.63. The number of carbonyl (C=O) groups is 2. The van der Waals surface area contributed by atoms with Gasteiger partial charge in [-0.2, -0.15) is 0 Å². The molecular formula is C15H12NO3SY-. The smallest absolute Gasteiger partial charge is 0.290 e. The van der Waals surface area contributed by atoms with Crippen molar-refractivity contribution in [3.05, 3.63) is 60.6 Å². The number of hydrogen-bond donors (Lipinski definition) is 1. The fraction of sp³-hybridized carbons (Fsp3) is 0. The number of carbonyl (C=O) groups excluding carboxylic acids is 2. The summed E-state index contributed by atoms with van der Waals surface area (Å²) in [6.45, 7) is 0. The van der Waals surface area contributed by atoms with Gasteiger partial charge in [-0.1, -0.05) is 30.3 Å². The summed E-state index contributed by atoms with van der Waals surface area (Å²) >= 11 is 0.875. The molecule has 0 unspecified atom stereocenters. The van der Waals surface area contributed by atoms with Gasteiger partial charge in [0.25, 0.3) is 11.1 Å². The van der Waals surface area contributed by atoms with Crippen molar-refractivity contribution in [2.24, 2.45) is 0 Å². The summed E-state index contributed by atoms with van der Waals surface area (Å²) in [5.41, 5.74) is 0.965. The molecule has 0 aliphatic carbocycles. The SMILES string of the molecule is O=C1NC(=O)/C(=C/c2ccc(-c3ccccc3)o2)S1.[CH3-].[Y]. The van der Waals surface area contributed by atoms with Crippen molar-refractivity contribution in [2.45, 2.75) is 0 Å². The minimum atomic E-state index is -0.382. The predicted molar refractivity (Wildman–Crippen MR) is 79.7 cm³/mol. The van der Waals surface area contributed by atoms with Crippen molar-refractivity contribution in [3.63, 3.8) is 0 Å². The van der Waals surface area contributed by atoms with Crippen LogP contribution in [0.25, 0.3) is 17.4 Å². The fourth-order valence-corrected chi connectivity index (χ4v) is 2.40. The number of rotatable bonds is 2. The molecule has 21 heavy (non-hydrogen) atoms. The number of amides is 2. The molecule has 105 valence electrons. The maximum absolute atomic E-state index is 11.4. The van der Waals surface area contributed by atoms with Crippen molar-refractivity contribution in [1.29, 1.82) is 0 Å². The van der Waals surface area contributed by atoms with Gasteiger partial charge in [-0.25, -0.2) is 0 Å². The van der Waals surface area contributed by atoms with Gasteiger partial charge in [-0.3, -0.25) is 14.9 Å². The van der Waals surface area contributed by atoms with Crippen LogP contribution in [0.4, 0.5) is 4.79 Å². The van der Waals surface area contributed by atoms with Crippen molar-refractivity contribution < 1.29 is 46.7 Å². The molecule has 1 aromatic carbocycles. The van der Waals surface area contributed by atoms with Crippen LogP contribution in [0, 0.1) is 7.43 Å². The minimum Gasteiger partial charge on any atom is -0.457 e. The quantitative estimate of drug-likeness (QED) is 0.642. The number of furan rings is 1. The summed E-state index contributed by atoms with van der Waals surface area (Å²) in [6.07, 6.45) is 1.57. The fourth-order valence-electron chi connectivity index (χ4n) is 1.74. The first-order chi connectivity index (χ1) is 9.22. The Balaban J connectivity index is 0.00000110. The Kier molecular flexibility index (Phi) is 6.58. The molecule has 2 amide bonds. The zero-order valence-corrected chi connectivity index (χ0v) is 15.0. The van der Waals surface area contributed by atoms with Crippen molar-refractivity contribution in [1.82, 2.24) is 5.32 Å². The van der Waals surface area contributed by atoms with Gasteiger partial charge in [0.1, 0.15) is 11.5 Å². The Hall–Kier alpha value is -1.17. The molecule has 1 N–H and O–H groups in total. The third kappa shape index (κ3) is 4.16. The third-order valence-corrected chi connectivity index (χ3v) is 3.41. The Morgan fingerprint density at radius 3 is 2.38 bits per heavy atom. The zero-order chi connectivity index (χ0) is 13.2. The number of nitrogens with one attached hydrogen (secondary N) is 1. The molecule has 1 aliphatic heterocycles. The van der Waals surface area contributed by atoms with Gasteiger partial charge in [0, 0.05) is 44.3 Å². The van der Waals surface area contributed by atoms with Gasteiger partial charge in [0.15, 0.2) is 0 Å². The third-order valence-electron chi connectivity index (χ3n) is 2.60. The molecule has 1 aliphatic rings. The average molecular weight is 375 g/mol. The van der Waals surface area contributed by atoms with E-state index in [2.05, 4.69) is 5.32 Å². The van der Waals surface area contributed by atoms with Crippen LogP contribution in [-0.4, -0.2) is 11.1 Å². The molecule has 1 saturated heterocycles. The topological polar surface area (TPSA) is 59.3 Å². The molecule has 6 heteroatoms. The molecule has 4 nitrogen and oxygen atoms in total. The molecule has 0 bridgehead atoms. The minimum absolute atomic E-state index is 0. The van der Waals surface area contributed by atoms with E-state index in [0.717, 1.165) is 23.1 Å². The van der Waals surface area contributed by atoms with Crippen LogP contribution < -0.4 is 5.32 Å². The van der Waals surface area contributed by atoms with E-state index in [-0.39, 0.29) is 51.3 Å². The van der Waals surface area contributed by atoms with E-state index < -0.39 is 0 Å². The molecule has 1 fully saturated rings. The number of benzene rings is 1. The van der Waals surface area contributed by atoms with Crippen LogP contribution in [0.5, 0.6) is 0 Å².